The highest BCUT2D eigenvalue weighted by molar-refractivity contribution is 7.85. The summed E-state index contributed by atoms with van der Waals surface area (Å²) in [6.07, 6.45) is 3.92. The van der Waals surface area contributed by atoms with Gasteiger partial charge in [0, 0.05) is 12.0 Å². The molecule has 0 unspecified atom stereocenters. The number of carboxylic acids is 1. The van der Waals surface area contributed by atoms with Gasteiger partial charge in [-0.15, -0.1) is 0 Å². The lowest BCUT2D eigenvalue weighted by molar-refractivity contribution is -0.147. The van der Waals surface area contributed by atoms with Crippen molar-refractivity contribution in [3.63, 3.8) is 0 Å². The number of nitrogens with zero attached hydrogens (tertiary/aromatic N) is 1. The van der Waals surface area contributed by atoms with Gasteiger partial charge in [0.2, 0.25) is 5.91 Å². The van der Waals surface area contributed by atoms with E-state index in [1.807, 2.05) is 6.92 Å². The number of carbonyl (C=O) groups excluding carboxylic acids is 2. The molecule has 2 aromatic rings. The Hall–Kier alpha value is -3.04. The van der Waals surface area contributed by atoms with Crippen molar-refractivity contribution in [1.82, 2.24) is 4.90 Å². The maximum atomic E-state index is 13.5. The molecule has 0 fully saturated rings. The van der Waals surface area contributed by atoms with Gasteiger partial charge in [-0.1, -0.05) is 81.1 Å². The Kier molecular flexibility index (Phi) is 9.74. The standard InChI is InChI=1S/C24H29NO7S/c1-2-3-4-5-9-16-22(26)25(21(24(28)29)17-33(30,31)32)23(27)20-15-11-10-14-19(20)18-12-7-6-8-13-18/h6-8,10-15,21H,2-5,9,16-17H2,1H3,(H,28,29)(H,30,31,32)/t21-/m0/s1. The van der Waals surface area contributed by atoms with Crippen LogP contribution in [0.4, 0.5) is 0 Å². The third-order valence-corrected chi connectivity index (χ3v) is 5.93. The van der Waals surface area contributed by atoms with Gasteiger partial charge in [-0.05, 0) is 23.6 Å². The van der Waals surface area contributed by atoms with E-state index in [0.717, 1.165) is 25.7 Å². The monoisotopic (exact) mass is 475 g/mol. The maximum absolute atomic E-state index is 13.5. The van der Waals surface area contributed by atoms with Crippen LogP contribution >= 0.6 is 0 Å². The van der Waals surface area contributed by atoms with Crippen LogP contribution in [0, 0.1) is 0 Å². The van der Waals surface area contributed by atoms with E-state index in [1.165, 1.54) is 6.07 Å². The molecule has 33 heavy (non-hydrogen) atoms. The van der Waals surface area contributed by atoms with E-state index in [9.17, 15) is 32.5 Å². The number of carbonyl (C=O) groups is 3. The van der Waals surface area contributed by atoms with E-state index in [2.05, 4.69) is 0 Å². The summed E-state index contributed by atoms with van der Waals surface area (Å²) >= 11 is 0. The quantitative estimate of drug-likeness (QED) is 0.350. The molecule has 0 aliphatic carbocycles. The minimum atomic E-state index is -4.78. The van der Waals surface area contributed by atoms with Gasteiger partial charge in [-0.25, -0.2) is 4.79 Å². The lowest BCUT2D eigenvalue weighted by Gasteiger charge is -2.27. The molecular weight excluding hydrogens is 446 g/mol. The van der Waals surface area contributed by atoms with Crippen LogP contribution in [0.3, 0.4) is 0 Å². The zero-order chi connectivity index (χ0) is 24.4. The highest BCUT2D eigenvalue weighted by Crippen LogP contribution is 2.26. The average Bonchev–Trinajstić information content (AvgIpc) is 2.78. The van der Waals surface area contributed by atoms with E-state index < -0.39 is 39.7 Å². The molecule has 2 aromatic carbocycles. The second kappa shape index (κ2) is 12.3. The normalized spacial score (nSPS) is 12.2. The van der Waals surface area contributed by atoms with Crippen molar-refractivity contribution in [2.45, 2.75) is 51.5 Å². The molecule has 0 saturated heterocycles. The van der Waals surface area contributed by atoms with Gasteiger partial charge >= 0.3 is 5.97 Å². The van der Waals surface area contributed by atoms with E-state index in [1.54, 1.807) is 48.5 Å². The first-order chi connectivity index (χ1) is 15.7. The summed E-state index contributed by atoms with van der Waals surface area (Å²) in [5.41, 5.74) is 1.21. The van der Waals surface area contributed by atoms with Gasteiger partial charge in [0.05, 0.1) is 0 Å². The Labute approximate surface area is 194 Å². The maximum Gasteiger partial charge on any atom is 0.328 e. The van der Waals surface area contributed by atoms with E-state index in [4.69, 9.17) is 0 Å². The van der Waals surface area contributed by atoms with E-state index >= 15 is 0 Å². The molecule has 1 atom stereocenters. The summed E-state index contributed by atoms with van der Waals surface area (Å²) < 4.78 is 32.3. The van der Waals surface area contributed by atoms with E-state index in [-0.39, 0.29) is 12.0 Å². The highest BCUT2D eigenvalue weighted by atomic mass is 32.2. The molecule has 0 saturated carbocycles. The fraction of sp³-hybridized carbons (Fsp3) is 0.375. The summed E-state index contributed by atoms with van der Waals surface area (Å²) in [6.45, 7) is 2.04. The Morgan fingerprint density at radius 3 is 2.12 bits per heavy atom. The van der Waals surface area contributed by atoms with Crippen molar-refractivity contribution in [2.75, 3.05) is 5.75 Å². The first-order valence-electron chi connectivity index (χ1n) is 10.8. The minimum Gasteiger partial charge on any atom is -0.480 e. The second-order valence-electron chi connectivity index (χ2n) is 7.75. The van der Waals surface area contributed by atoms with Crippen LogP contribution in [-0.2, 0) is 19.7 Å². The lowest BCUT2D eigenvalue weighted by atomic mass is 9.98. The van der Waals surface area contributed by atoms with Crippen LogP contribution < -0.4 is 0 Å². The van der Waals surface area contributed by atoms with Crippen molar-refractivity contribution in [2.24, 2.45) is 0 Å². The second-order valence-corrected chi connectivity index (χ2v) is 9.24. The molecule has 0 heterocycles. The number of unbranched alkanes of at least 4 members (excludes halogenated alkanes) is 4. The van der Waals surface area contributed by atoms with Crippen molar-refractivity contribution < 1.29 is 32.5 Å². The van der Waals surface area contributed by atoms with Crippen LogP contribution in [0.25, 0.3) is 11.1 Å². The predicted octanol–water partition coefficient (Wildman–Crippen LogP) is 4.02. The number of hydrogen-bond acceptors (Lipinski definition) is 5. The molecular formula is C24H29NO7S. The van der Waals surface area contributed by atoms with Crippen LogP contribution in [0.2, 0.25) is 0 Å². The lowest BCUT2D eigenvalue weighted by Crippen LogP contribution is -2.52. The molecule has 2 N–H and O–H groups in total. The van der Waals surface area contributed by atoms with Gasteiger partial charge in [-0.3, -0.25) is 19.0 Å². The molecule has 0 aliphatic heterocycles. The van der Waals surface area contributed by atoms with Crippen molar-refractivity contribution >= 4 is 27.9 Å². The third-order valence-electron chi connectivity index (χ3n) is 5.19. The molecule has 0 bridgehead atoms. The molecule has 8 nitrogen and oxygen atoms in total. The van der Waals surface area contributed by atoms with Crippen LogP contribution in [-0.4, -0.2) is 52.6 Å². The van der Waals surface area contributed by atoms with Gasteiger partial charge in [0.25, 0.3) is 16.0 Å². The molecule has 0 spiro atoms. The van der Waals surface area contributed by atoms with Gasteiger partial charge < -0.3 is 5.11 Å². The molecule has 2 amide bonds. The average molecular weight is 476 g/mol. The SMILES string of the molecule is CCCCCCCC(=O)N(C(=O)c1ccccc1-c1ccccc1)[C@@H](CS(=O)(=O)O)C(=O)O. The van der Waals surface area contributed by atoms with Gasteiger partial charge in [0.1, 0.15) is 5.75 Å². The first-order valence-corrected chi connectivity index (χ1v) is 12.5. The number of hydrogen-bond donors (Lipinski definition) is 2. The van der Waals surface area contributed by atoms with Crippen molar-refractivity contribution in [3.8, 4) is 11.1 Å². The van der Waals surface area contributed by atoms with E-state index in [0.29, 0.717) is 22.4 Å². The fourth-order valence-electron chi connectivity index (χ4n) is 3.55. The molecule has 2 rings (SSSR count). The van der Waals surface area contributed by atoms with Crippen LogP contribution in [0.5, 0.6) is 0 Å². The first kappa shape index (κ1) is 26.2. The molecule has 178 valence electrons. The Bertz CT molecular complexity index is 1070. The smallest absolute Gasteiger partial charge is 0.328 e. The summed E-state index contributed by atoms with van der Waals surface area (Å²) in [7, 11) is -4.78. The largest absolute Gasteiger partial charge is 0.480 e. The Balaban J connectivity index is 2.46. The van der Waals surface area contributed by atoms with Crippen LogP contribution in [0.1, 0.15) is 55.8 Å². The molecule has 0 aliphatic rings. The third kappa shape index (κ3) is 7.80. The Morgan fingerprint density at radius 2 is 1.52 bits per heavy atom. The predicted molar refractivity (Wildman–Crippen MR) is 124 cm³/mol. The summed E-state index contributed by atoms with van der Waals surface area (Å²) in [5.74, 6) is -4.71. The number of benzene rings is 2. The van der Waals surface area contributed by atoms with Gasteiger partial charge in [0.15, 0.2) is 6.04 Å². The number of carboxylic acid groups (broad SMARTS) is 1. The Morgan fingerprint density at radius 1 is 0.909 bits per heavy atom. The fourth-order valence-corrected chi connectivity index (χ4v) is 4.24. The topological polar surface area (TPSA) is 129 Å². The zero-order valence-corrected chi connectivity index (χ0v) is 19.3. The summed E-state index contributed by atoms with van der Waals surface area (Å²) in [5, 5.41) is 9.66. The van der Waals surface area contributed by atoms with Crippen LogP contribution in [0.15, 0.2) is 54.6 Å². The van der Waals surface area contributed by atoms with Crippen molar-refractivity contribution in [3.05, 3.63) is 60.2 Å². The summed E-state index contributed by atoms with van der Waals surface area (Å²) in [6, 6.07) is 13.2. The minimum absolute atomic E-state index is 0.0598. The zero-order valence-electron chi connectivity index (χ0n) is 18.5. The van der Waals surface area contributed by atoms with Gasteiger partial charge in [-0.2, -0.15) is 8.42 Å². The summed E-state index contributed by atoms with van der Waals surface area (Å²) in [4.78, 5) is 38.9. The molecule has 0 aromatic heterocycles. The molecule has 0 radical (unpaired) electrons. The number of aliphatic carboxylic acids is 1. The molecule has 9 heteroatoms. The number of imide groups is 1. The number of rotatable bonds is 12. The number of amides is 2. The highest BCUT2D eigenvalue weighted by Gasteiger charge is 2.38. The van der Waals surface area contributed by atoms with Crippen molar-refractivity contribution in [1.29, 1.82) is 0 Å².